The van der Waals surface area contributed by atoms with Gasteiger partial charge in [0.15, 0.2) is 0 Å². The lowest BCUT2D eigenvalue weighted by atomic mass is 9.96. The molecule has 2 saturated carbocycles. The highest BCUT2D eigenvalue weighted by Crippen LogP contribution is 2.61. The maximum Gasteiger partial charge on any atom is 0.137 e. The minimum absolute atomic E-state index is 0.0199. The predicted octanol–water partition coefficient (Wildman–Crippen LogP) is 4.14. The van der Waals surface area contributed by atoms with Gasteiger partial charge >= 0.3 is 0 Å². The largest absolute Gasteiger partial charge is 0.369 e. The van der Waals surface area contributed by atoms with E-state index in [4.69, 9.17) is 0 Å². The molecule has 1 aromatic heterocycles. The molecule has 3 rings (SSSR count). The number of nitrogens with zero attached hydrogens (tertiary/aromatic N) is 2. The molecule has 1 heterocycles. The van der Waals surface area contributed by atoms with Crippen molar-refractivity contribution in [2.75, 3.05) is 11.9 Å². The molecule has 2 aliphatic carbocycles. The summed E-state index contributed by atoms with van der Waals surface area (Å²) in [5, 5.41) is 3.54. The third-order valence-electron chi connectivity index (χ3n) is 4.32. The van der Waals surface area contributed by atoms with Gasteiger partial charge in [0, 0.05) is 18.0 Å². The quantitative estimate of drug-likeness (QED) is 0.846. The molecule has 3 nitrogen and oxygen atoms in total. The molecule has 0 aliphatic heterocycles. The van der Waals surface area contributed by atoms with Crippen molar-refractivity contribution < 1.29 is 0 Å². The number of hydrogen-bond acceptors (Lipinski definition) is 3. The monoisotopic (exact) mass is 323 g/mol. The molecule has 0 amide bonds. The van der Waals surface area contributed by atoms with E-state index in [2.05, 4.69) is 52.0 Å². The first kappa shape index (κ1) is 13.3. The Balaban J connectivity index is 1.72. The van der Waals surface area contributed by atoms with Gasteiger partial charge < -0.3 is 5.32 Å². The fourth-order valence-corrected chi connectivity index (χ4v) is 3.08. The Morgan fingerprint density at radius 2 is 2.00 bits per heavy atom. The molecule has 2 aliphatic rings. The summed E-state index contributed by atoms with van der Waals surface area (Å²) < 4.78 is 0.867. The molecule has 19 heavy (non-hydrogen) atoms. The van der Waals surface area contributed by atoms with Gasteiger partial charge in [-0.25, -0.2) is 9.97 Å². The van der Waals surface area contributed by atoms with Gasteiger partial charge in [0.1, 0.15) is 16.2 Å². The van der Waals surface area contributed by atoms with Crippen molar-refractivity contribution in [3.63, 3.8) is 0 Å². The van der Waals surface area contributed by atoms with Crippen molar-refractivity contribution in [3.8, 4) is 0 Å². The van der Waals surface area contributed by atoms with Crippen molar-refractivity contribution in [1.82, 2.24) is 9.97 Å². The minimum Gasteiger partial charge on any atom is -0.369 e. The van der Waals surface area contributed by atoms with Crippen molar-refractivity contribution in [3.05, 3.63) is 16.5 Å². The molecule has 0 radical (unpaired) electrons. The van der Waals surface area contributed by atoms with Crippen molar-refractivity contribution >= 4 is 21.7 Å². The molecule has 0 aromatic carbocycles. The molecule has 2 fully saturated rings. The van der Waals surface area contributed by atoms with Gasteiger partial charge in [0.25, 0.3) is 0 Å². The lowest BCUT2D eigenvalue weighted by Crippen LogP contribution is -2.21. The first-order valence-corrected chi connectivity index (χ1v) is 7.97. The average molecular weight is 324 g/mol. The van der Waals surface area contributed by atoms with Gasteiger partial charge in [-0.05, 0) is 52.9 Å². The fraction of sp³-hybridized carbons (Fsp3) is 0.733. The van der Waals surface area contributed by atoms with Gasteiger partial charge in [-0.1, -0.05) is 20.8 Å². The molecule has 0 bridgehead atoms. The Bertz CT molecular complexity index is 485. The van der Waals surface area contributed by atoms with Crippen molar-refractivity contribution in [1.29, 1.82) is 0 Å². The van der Waals surface area contributed by atoms with Gasteiger partial charge in [-0.3, -0.25) is 0 Å². The van der Waals surface area contributed by atoms with E-state index in [-0.39, 0.29) is 5.41 Å². The number of aromatic nitrogens is 2. The van der Waals surface area contributed by atoms with E-state index in [0.717, 1.165) is 28.7 Å². The van der Waals surface area contributed by atoms with E-state index in [1.807, 2.05) is 6.07 Å². The predicted molar refractivity (Wildman–Crippen MR) is 81.3 cm³/mol. The van der Waals surface area contributed by atoms with Crippen LogP contribution in [0.5, 0.6) is 0 Å². The van der Waals surface area contributed by atoms with E-state index in [1.165, 1.54) is 25.7 Å². The smallest absolute Gasteiger partial charge is 0.137 e. The molecule has 1 aromatic rings. The zero-order valence-corrected chi connectivity index (χ0v) is 13.5. The maximum absolute atomic E-state index is 4.66. The van der Waals surface area contributed by atoms with Crippen LogP contribution in [0.25, 0.3) is 0 Å². The summed E-state index contributed by atoms with van der Waals surface area (Å²) in [4.78, 5) is 9.14. The lowest BCUT2D eigenvalue weighted by Gasteiger charge is -2.19. The van der Waals surface area contributed by atoms with Crippen LogP contribution < -0.4 is 5.32 Å². The van der Waals surface area contributed by atoms with Crippen molar-refractivity contribution in [2.24, 2.45) is 11.3 Å². The molecule has 104 valence electrons. The molecular formula is C15H22BrN3. The summed E-state index contributed by atoms with van der Waals surface area (Å²) in [6.45, 7) is 7.51. The number of rotatable bonds is 4. The van der Waals surface area contributed by atoms with E-state index in [1.54, 1.807) is 0 Å². The lowest BCUT2D eigenvalue weighted by molar-refractivity contribution is 0.465. The second kappa shape index (κ2) is 4.44. The zero-order chi connectivity index (χ0) is 13.7. The SMILES string of the molecule is CC(C)(C)c1nc(Br)cc(NCC2(C3CC3)CC2)n1. The number of halogens is 1. The number of nitrogens with one attached hydrogen (secondary N) is 1. The third kappa shape index (κ3) is 2.93. The van der Waals surface area contributed by atoms with E-state index >= 15 is 0 Å². The molecule has 4 heteroatoms. The first-order valence-electron chi connectivity index (χ1n) is 7.18. The Labute approximate surface area is 123 Å². The van der Waals surface area contributed by atoms with Gasteiger partial charge in [0.2, 0.25) is 0 Å². The van der Waals surface area contributed by atoms with E-state index in [9.17, 15) is 0 Å². The van der Waals surface area contributed by atoms with Gasteiger partial charge in [0.05, 0.1) is 0 Å². The van der Waals surface area contributed by atoms with Crippen LogP contribution in [0.2, 0.25) is 0 Å². The summed E-state index contributed by atoms with van der Waals surface area (Å²) in [5.74, 6) is 2.83. The Hall–Kier alpha value is -0.640. The van der Waals surface area contributed by atoms with Crippen LogP contribution in [-0.2, 0) is 5.41 Å². The number of anilines is 1. The molecule has 1 N–H and O–H groups in total. The van der Waals surface area contributed by atoms with Crippen LogP contribution in [0.15, 0.2) is 10.7 Å². The summed E-state index contributed by atoms with van der Waals surface area (Å²) in [7, 11) is 0. The van der Waals surface area contributed by atoms with Crippen molar-refractivity contribution in [2.45, 2.75) is 51.9 Å². The summed E-state index contributed by atoms with van der Waals surface area (Å²) in [6, 6.07) is 1.98. The molecule has 0 spiro atoms. The minimum atomic E-state index is -0.0199. The Morgan fingerprint density at radius 3 is 2.53 bits per heavy atom. The molecular weight excluding hydrogens is 302 g/mol. The van der Waals surface area contributed by atoms with Crippen LogP contribution in [0.1, 0.15) is 52.3 Å². The normalized spacial score (nSPS) is 21.3. The molecule has 0 saturated heterocycles. The van der Waals surface area contributed by atoms with Gasteiger partial charge in [-0.2, -0.15) is 0 Å². The summed E-state index contributed by atoms with van der Waals surface area (Å²) in [6.07, 6.45) is 5.65. The third-order valence-corrected chi connectivity index (χ3v) is 4.73. The average Bonchev–Trinajstić information content (AvgIpc) is 3.16. The summed E-state index contributed by atoms with van der Waals surface area (Å²) in [5.41, 5.74) is 0.577. The highest BCUT2D eigenvalue weighted by Gasteiger charge is 2.53. The molecule has 0 atom stereocenters. The maximum atomic E-state index is 4.66. The Morgan fingerprint density at radius 1 is 1.32 bits per heavy atom. The van der Waals surface area contributed by atoms with Crippen LogP contribution in [0.3, 0.4) is 0 Å². The number of hydrogen-bond donors (Lipinski definition) is 1. The standard InChI is InChI=1S/C15H22BrN3/c1-14(2,3)13-18-11(16)8-12(19-13)17-9-15(6-7-15)10-4-5-10/h8,10H,4-7,9H2,1-3H3,(H,17,18,19). The van der Waals surface area contributed by atoms with E-state index in [0.29, 0.717) is 5.41 Å². The van der Waals surface area contributed by atoms with Crippen LogP contribution in [0.4, 0.5) is 5.82 Å². The topological polar surface area (TPSA) is 37.8 Å². The molecule has 0 unspecified atom stereocenters. The first-order chi connectivity index (χ1) is 8.89. The summed E-state index contributed by atoms with van der Waals surface area (Å²) >= 11 is 3.49. The van der Waals surface area contributed by atoms with Gasteiger partial charge in [-0.15, -0.1) is 0 Å². The second-order valence-electron chi connectivity index (χ2n) is 7.14. The Kier molecular flexibility index (Phi) is 3.12. The highest BCUT2D eigenvalue weighted by molar-refractivity contribution is 9.10. The van der Waals surface area contributed by atoms with E-state index < -0.39 is 0 Å². The highest BCUT2D eigenvalue weighted by atomic mass is 79.9. The zero-order valence-electron chi connectivity index (χ0n) is 12.0. The fourth-order valence-electron chi connectivity index (χ4n) is 2.70. The van der Waals surface area contributed by atoms with Crippen LogP contribution in [-0.4, -0.2) is 16.5 Å². The second-order valence-corrected chi connectivity index (χ2v) is 7.95. The van der Waals surface area contributed by atoms with Crippen LogP contribution in [0, 0.1) is 11.3 Å². The van der Waals surface area contributed by atoms with Crippen LogP contribution >= 0.6 is 15.9 Å².